The van der Waals surface area contributed by atoms with Gasteiger partial charge in [0.2, 0.25) is 0 Å². The standard InChI is InChI=1S/C13H11BrN4/c1-8-10(14)3-5-13(17-8)18-9-2-4-11-12(6-9)16-7-15-11/h2-7H,1H3,(H,15,16)(H,17,18). The zero-order valence-electron chi connectivity index (χ0n) is 9.74. The summed E-state index contributed by atoms with van der Waals surface area (Å²) in [6.45, 7) is 1.97. The van der Waals surface area contributed by atoms with Gasteiger partial charge < -0.3 is 10.3 Å². The molecule has 4 nitrogen and oxygen atoms in total. The fraction of sp³-hybridized carbons (Fsp3) is 0.0769. The van der Waals surface area contributed by atoms with Gasteiger partial charge in [-0.25, -0.2) is 9.97 Å². The van der Waals surface area contributed by atoms with Gasteiger partial charge in [-0.2, -0.15) is 0 Å². The number of benzene rings is 1. The third-order valence-corrected chi connectivity index (χ3v) is 3.55. The molecule has 2 N–H and O–H groups in total. The number of fused-ring (bicyclic) bond motifs is 1. The van der Waals surface area contributed by atoms with Crippen LogP contribution in [0.25, 0.3) is 11.0 Å². The molecule has 0 bridgehead atoms. The fourth-order valence-electron chi connectivity index (χ4n) is 1.77. The molecule has 90 valence electrons. The average Bonchev–Trinajstić information content (AvgIpc) is 2.81. The molecule has 3 aromatic rings. The van der Waals surface area contributed by atoms with Crippen LogP contribution in [0.4, 0.5) is 11.5 Å². The van der Waals surface area contributed by atoms with E-state index in [1.807, 2.05) is 37.3 Å². The smallest absolute Gasteiger partial charge is 0.130 e. The number of hydrogen-bond donors (Lipinski definition) is 2. The number of nitrogens with zero attached hydrogens (tertiary/aromatic N) is 2. The van der Waals surface area contributed by atoms with Crippen molar-refractivity contribution in [2.45, 2.75) is 6.92 Å². The summed E-state index contributed by atoms with van der Waals surface area (Å²) < 4.78 is 1.01. The Morgan fingerprint density at radius 2 is 2.11 bits per heavy atom. The Balaban J connectivity index is 1.92. The molecule has 0 aliphatic carbocycles. The van der Waals surface area contributed by atoms with Gasteiger partial charge in [0.05, 0.1) is 23.1 Å². The molecule has 2 heterocycles. The lowest BCUT2D eigenvalue weighted by atomic mass is 10.2. The van der Waals surface area contributed by atoms with E-state index < -0.39 is 0 Å². The molecule has 0 unspecified atom stereocenters. The molecule has 0 radical (unpaired) electrons. The van der Waals surface area contributed by atoms with Crippen LogP contribution in [0.2, 0.25) is 0 Å². The van der Waals surface area contributed by atoms with E-state index >= 15 is 0 Å². The van der Waals surface area contributed by atoms with Crippen molar-refractivity contribution >= 4 is 38.5 Å². The van der Waals surface area contributed by atoms with Gasteiger partial charge in [-0.15, -0.1) is 0 Å². The number of imidazole rings is 1. The first-order valence-corrected chi connectivity index (χ1v) is 6.35. The Hall–Kier alpha value is -1.88. The Kier molecular flexibility index (Phi) is 2.76. The first-order chi connectivity index (χ1) is 8.72. The number of aromatic amines is 1. The third kappa shape index (κ3) is 2.09. The van der Waals surface area contributed by atoms with Crippen molar-refractivity contribution in [1.29, 1.82) is 0 Å². The normalized spacial score (nSPS) is 10.8. The van der Waals surface area contributed by atoms with Crippen LogP contribution in [-0.2, 0) is 0 Å². The minimum absolute atomic E-state index is 0.828. The number of anilines is 2. The lowest BCUT2D eigenvalue weighted by molar-refractivity contribution is 1.18. The first kappa shape index (κ1) is 11.2. The molecule has 18 heavy (non-hydrogen) atoms. The molecule has 5 heteroatoms. The van der Waals surface area contributed by atoms with Gasteiger partial charge in [-0.3, -0.25) is 0 Å². The summed E-state index contributed by atoms with van der Waals surface area (Å²) >= 11 is 3.44. The van der Waals surface area contributed by atoms with Crippen molar-refractivity contribution in [3.05, 3.63) is 46.8 Å². The van der Waals surface area contributed by atoms with E-state index in [-0.39, 0.29) is 0 Å². The molecular formula is C13H11BrN4. The van der Waals surface area contributed by atoms with E-state index in [0.717, 1.165) is 32.7 Å². The molecule has 0 atom stereocenters. The summed E-state index contributed by atoms with van der Waals surface area (Å²) in [7, 11) is 0. The number of rotatable bonds is 2. The van der Waals surface area contributed by atoms with Gasteiger partial charge in [-0.1, -0.05) is 0 Å². The van der Waals surface area contributed by atoms with Crippen LogP contribution >= 0.6 is 15.9 Å². The predicted octanol–water partition coefficient (Wildman–Crippen LogP) is 3.77. The zero-order valence-corrected chi connectivity index (χ0v) is 11.3. The maximum atomic E-state index is 4.45. The highest BCUT2D eigenvalue weighted by atomic mass is 79.9. The van der Waals surface area contributed by atoms with Crippen LogP contribution in [-0.4, -0.2) is 15.0 Å². The minimum Gasteiger partial charge on any atom is -0.345 e. The van der Waals surface area contributed by atoms with Gasteiger partial charge in [-0.05, 0) is 53.2 Å². The predicted molar refractivity (Wildman–Crippen MR) is 76.1 cm³/mol. The highest BCUT2D eigenvalue weighted by Gasteiger charge is 2.01. The third-order valence-electron chi connectivity index (χ3n) is 2.71. The summed E-state index contributed by atoms with van der Waals surface area (Å²) in [5, 5.41) is 3.27. The molecule has 0 spiro atoms. The monoisotopic (exact) mass is 302 g/mol. The number of pyridine rings is 1. The average molecular weight is 303 g/mol. The second kappa shape index (κ2) is 4.42. The number of nitrogens with one attached hydrogen (secondary N) is 2. The maximum Gasteiger partial charge on any atom is 0.130 e. The van der Waals surface area contributed by atoms with Crippen molar-refractivity contribution in [2.24, 2.45) is 0 Å². The van der Waals surface area contributed by atoms with E-state index in [2.05, 4.69) is 36.2 Å². The van der Waals surface area contributed by atoms with Gasteiger partial charge in [0.25, 0.3) is 0 Å². The summed E-state index contributed by atoms with van der Waals surface area (Å²) in [5.41, 5.74) is 3.91. The number of aryl methyl sites for hydroxylation is 1. The van der Waals surface area contributed by atoms with Crippen LogP contribution in [0.5, 0.6) is 0 Å². The van der Waals surface area contributed by atoms with E-state index in [4.69, 9.17) is 0 Å². The molecule has 0 amide bonds. The van der Waals surface area contributed by atoms with Crippen molar-refractivity contribution in [1.82, 2.24) is 15.0 Å². The lowest BCUT2D eigenvalue weighted by Gasteiger charge is -2.07. The van der Waals surface area contributed by atoms with Crippen molar-refractivity contribution < 1.29 is 0 Å². The molecule has 1 aromatic carbocycles. The molecule has 0 fully saturated rings. The van der Waals surface area contributed by atoms with E-state index in [9.17, 15) is 0 Å². The van der Waals surface area contributed by atoms with Gasteiger partial charge in [0.1, 0.15) is 5.82 Å². The summed E-state index contributed by atoms with van der Waals surface area (Å²) in [6.07, 6.45) is 1.69. The van der Waals surface area contributed by atoms with E-state index in [1.54, 1.807) is 6.33 Å². The fourth-order valence-corrected chi connectivity index (χ4v) is 2.00. The van der Waals surface area contributed by atoms with Crippen LogP contribution < -0.4 is 5.32 Å². The Bertz CT molecular complexity index is 705. The molecule has 0 aliphatic rings. The first-order valence-electron chi connectivity index (χ1n) is 5.56. The van der Waals surface area contributed by atoms with Crippen LogP contribution in [0, 0.1) is 6.92 Å². The number of H-pyrrole nitrogens is 1. The second-order valence-corrected chi connectivity index (χ2v) is 4.88. The summed E-state index contributed by atoms with van der Waals surface area (Å²) in [5.74, 6) is 0.828. The Morgan fingerprint density at radius 3 is 2.94 bits per heavy atom. The largest absolute Gasteiger partial charge is 0.345 e. The lowest BCUT2D eigenvalue weighted by Crippen LogP contribution is -1.95. The molecule has 3 rings (SSSR count). The number of hydrogen-bond acceptors (Lipinski definition) is 3. The van der Waals surface area contributed by atoms with Gasteiger partial charge in [0, 0.05) is 10.2 Å². The minimum atomic E-state index is 0.828. The molecule has 2 aromatic heterocycles. The quantitative estimate of drug-likeness (QED) is 0.757. The van der Waals surface area contributed by atoms with Gasteiger partial charge in [0.15, 0.2) is 0 Å². The van der Waals surface area contributed by atoms with Gasteiger partial charge >= 0.3 is 0 Å². The number of halogens is 1. The SMILES string of the molecule is Cc1nc(Nc2ccc3nc[nH]c3c2)ccc1Br. The second-order valence-electron chi connectivity index (χ2n) is 4.02. The molecule has 0 saturated carbocycles. The van der Waals surface area contributed by atoms with Crippen molar-refractivity contribution in [3.8, 4) is 0 Å². The van der Waals surface area contributed by atoms with Crippen LogP contribution in [0.3, 0.4) is 0 Å². The Morgan fingerprint density at radius 1 is 1.22 bits per heavy atom. The van der Waals surface area contributed by atoms with Crippen molar-refractivity contribution in [3.63, 3.8) is 0 Å². The van der Waals surface area contributed by atoms with E-state index in [0.29, 0.717) is 0 Å². The Labute approximate surface area is 113 Å². The van der Waals surface area contributed by atoms with E-state index in [1.165, 1.54) is 0 Å². The number of aromatic nitrogens is 3. The summed E-state index contributed by atoms with van der Waals surface area (Å²) in [6, 6.07) is 9.90. The highest BCUT2D eigenvalue weighted by molar-refractivity contribution is 9.10. The maximum absolute atomic E-state index is 4.45. The zero-order chi connectivity index (χ0) is 12.5. The van der Waals surface area contributed by atoms with Crippen molar-refractivity contribution in [2.75, 3.05) is 5.32 Å². The highest BCUT2D eigenvalue weighted by Crippen LogP contribution is 2.21. The molecule has 0 aliphatic heterocycles. The topological polar surface area (TPSA) is 53.6 Å². The molecular weight excluding hydrogens is 292 g/mol. The van der Waals surface area contributed by atoms with Crippen LogP contribution in [0.15, 0.2) is 41.1 Å². The summed E-state index contributed by atoms with van der Waals surface area (Å²) in [4.78, 5) is 11.7. The molecule has 0 saturated heterocycles. The van der Waals surface area contributed by atoms with Crippen LogP contribution in [0.1, 0.15) is 5.69 Å².